The van der Waals surface area contributed by atoms with Crippen LogP contribution in [0.4, 0.5) is 5.69 Å². The van der Waals surface area contributed by atoms with Crippen LogP contribution in [0.3, 0.4) is 0 Å². The van der Waals surface area contributed by atoms with Gasteiger partial charge in [-0.1, -0.05) is 32.9 Å². The Hall–Kier alpha value is -2.19. The number of rotatable bonds is 8. The lowest BCUT2D eigenvalue weighted by Crippen LogP contribution is -2.31. The summed E-state index contributed by atoms with van der Waals surface area (Å²) in [5, 5.41) is 7.11. The lowest BCUT2D eigenvalue weighted by atomic mass is 10.1. The number of sulfonamides is 1. The fourth-order valence-electron chi connectivity index (χ4n) is 3.06. The fourth-order valence-corrected chi connectivity index (χ4v) is 4.89. The second-order valence-electron chi connectivity index (χ2n) is 6.35. The maximum Gasteiger partial charge on any atom is 0.246 e. The molecule has 2 rings (SSSR count). The molecule has 0 aliphatic heterocycles. The molecule has 8 heteroatoms. The highest BCUT2D eigenvalue weighted by atomic mass is 32.2. The Morgan fingerprint density at radius 1 is 1.11 bits per heavy atom. The third-order valence-corrected chi connectivity index (χ3v) is 6.86. The van der Waals surface area contributed by atoms with Gasteiger partial charge in [-0.05, 0) is 38.0 Å². The molecule has 0 spiro atoms. The lowest BCUT2D eigenvalue weighted by Gasteiger charge is -2.18. The van der Waals surface area contributed by atoms with Gasteiger partial charge in [0.15, 0.2) is 0 Å². The van der Waals surface area contributed by atoms with Gasteiger partial charge in [0.1, 0.15) is 11.4 Å². The van der Waals surface area contributed by atoms with Crippen LogP contribution < -0.4 is 5.32 Å². The van der Waals surface area contributed by atoms with E-state index < -0.39 is 10.0 Å². The number of aryl methyl sites for hydroxylation is 2. The number of carbonyl (C=O) groups is 1. The highest BCUT2D eigenvalue weighted by Gasteiger charge is 2.29. The Kier molecular flexibility index (Phi) is 6.78. The van der Waals surface area contributed by atoms with E-state index in [9.17, 15) is 13.2 Å². The molecule has 0 unspecified atom stereocenters. The minimum atomic E-state index is -3.63. The van der Waals surface area contributed by atoms with E-state index in [2.05, 4.69) is 17.3 Å². The minimum absolute atomic E-state index is 0.0457. The van der Waals surface area contributed by atoms with E-state index in [1.807, 2.05) is 24.3 Å². The van der Waals surface area contributed by atoms with Gasteiger partial charge in [0, 0.05) is 18.8 Å². The first-order valence-corrected chi connectivity index (χ1v) is 10.6. The van der Waals surface area contributed by atoms with Crippen molar-refractivity contribution < 1.29 is 13.2 Å². The molecule has 0 aliphatic rings. The zero-order valence-electron chi connectivity index (χ0n) is 16.6. The molecule has 1 aromatic heterocycles. The average molecular weight is 393 g/mol. The SMILES string of the molecule is CCc1ccc(NC(=O)Cn2nc(C)c(S(=O)(=O)N(CC)CC)c2C)cc1. The van der Waals surface area contributed by atoms with Gasteiger partial charge in [-0.3, -0.25) is 9.48 Å². The van der Waals surface area contributed by atoms with E-state index in [0.29, 0.717) is 30.2 Å². The summed E-state index contributed by atoms with van der Waals surface area (Å²) in [4.78, 5) is 12.6. The molecule has 0 radical (unpaired) electrons. The largest absolute Gasteiger partial charge is 0.324 e. The first-order valence-electron chi connectivity index (χ1n) is 9.17. The van der Waals surface area contributed by atoms with Crippen LogP contribution in [0, 0.1) is 13.8 Å². The molecule has 0 aliphatic carbocycles. The number of amides is 1. The molecule has 0 fully saturated rings. The third kappa shape index (κ3) is 4.56. The van der Waals surface area contributed by atoms with E-state index in [1.165, 1.54) is 14.6 Å². The van der Waals surface area contributed by atoms with E-state index in [4.69, 9.17) is 0 Å². The molecule has 148 valence electrons. The van der Waals surface area contributed by atoms with Gasteiger partial charge in [-0.15, -0.1) is 0 Å². The van der Waals surface area contributed by atoms with Gasteiger partial charge < -0.3 is 5.32 Å². The predicted octanol–water partition coefficient (Wildman–Crippen LogP) is 2.73. The number of nitrogens with zero attached hydrogens (tertiary/aromatic N) is 3. The van der Waals surface area contributed by atoms with Crippen molar-refractivity contribution in [3.63, 3.8) is 0 Å². The van der Waals surface area contributed by atoms with Crippen molar-refractivity contribution in [1.82, 2.24) is 14.1 Å². The van der Waals surface area contributed by atoms with Crippen LogP contribution in [0.25, 0.3) is 0 Å². The van der Waals surface area contributed by atoms with Crippen molar-refractivity contribution in [2.75, 3.05) is 18.4 Å². The molecule has 2 aromatic rings. The summed E-state index contributed by atoms with van der Waals surface area (Å²) in [6.07, 6.45) is 0.934. The molecule has 1 amide bonds. The summed E-state index contributed by atoms with van der Waals surface area (Å²) in [6.45, 7) is 9.73. The standard InChI is InChI=1S/C19H28N4O3S/c1-6-16-9-11-17(12-10-16)20-18(24)13-23-15(5)19(14(4)21-23)27(25,26)22(7-2)8-3/h9-12H,6-8,13H2,1-5H3,(H,20,24). The van der Waals surface area contributed by atoms with Crippen molar-refractivity contribution >= 4 is 21.6 Å². The Labute approximate surface area is 161 Å². The van der Waals surface area contributed by atoms with Crippen molar-refractivity contribution in [3.8, 4) is 0 Å². The first kappa shape index (κ1) is 21.1. The Morgan fingerprint density at radius 2 is 1.70 bits per heavy atom. The van der Waals surface area contributed by atoms with Crippen LogP contribution in [0.1, 0.15) is 37.7 Å². The monoisotopic (exact) mass is 392 g/mol. The average Bonchev–Trinajstić information content (AvgIpc) is 2.90. The molecule has 0 saturated heterocycles. The van der Waals surface area contributed by atoms with Crippen molar-refractivity contribution in [3.05, 3.63) is 41.2 Å². The number of anilines is 1. The Bertz CT molecular complexity index is 898. The molecule has 0 atom stereocenters. The number of hydrogen-bond acceptors (Lipinski definition) is 4. The van der Waals surface area contributed by atoms with E-state index in [1.54, 1.807) is 27.7 Å². The van der Waals surface area contributed by atoms with E-state index >= 15 is 0 Å². The van der Waals surface area contributed by atoms with Gasteiger partial charge in [0.05, 0.1) is 11.4 Å². The zero-order chi connectivity index (χ0) is 20.2. The zero-order valence-corrected chi connectivity index (χ0v) is 17.4. The van der Waals surface area contributed by atoms with Crippen molar-refractivity contribution in [2.24, 2.45) is 0 Å². The topological polar surface area (TPSA) is 84.3 Å². The maximum absolute atomic E-state index is 12.9. The van der Waals surface area contributed by atoms with Gasteiger partial charge >= 0.3 is 0 Å². The third-order valence-electron chi connectivity index (χ3n) is 4.56. The van der Waals surface area contributed by atoms with Gasteiger partial charge in [0.25, 0.3) is 0 Å². The molecule has 0 bridgehead atoms. The Balaban J connectivity index is 2.21. The molecule has 27 heavy (non-hydrogen) atoms. The summed E-state index contributed by atoms with van der Waals surface area (Å²) in [7, 11) is -3.63. The molecule has 1 aromatic carbocycles. The van der Waals surface area contributed by atoms with Crippen LogP contribution in [-0.2, 0) is 27.8 Å². The number of hydrogen-bond donors (Lipinski definition) is 1. The maximum atomic E-state index is 12.9. The summed E-state index contributed by atoms with van der Waals surface area (Å²) in [5.74, 6) is -0.253. The van der Waals surface area contributed by atoms with Gasteiger partial charge in [0.2, 0.25) is 15.9 Å². The molecular weight excluding hydrogens is 364 g/mol. The number of nitrogens with one attached hydrogen (secondary N) is 1. The highest BCUT2D eigenvalue weighted by Crippen LogP contribution is 2.23. The van der Waals surface area contributed by atoms with E-state index in [-0.39, 0.29) is 17.3 Å². The van der Waals surface area contributed by atoms with Crippen molar-refractivity contribution in [2.45, 2.75) is 52.5 Å². The number of benzene rings is 1. The summed E-state index contributed by atoms with van der Waals surface area (Å²) in [5.41, 5.74) is 2.77. The molecule has 0 saturated carbocycles. The summed E-state index contributed by atoms with van der Waals surface area (Å²) >= 11 is 0. The molecular formula is C19H28N4O3S. The van der Waals surface area contributed by atoms with Crippen LogP contribution in [0.5, 0.6) is 0 Å². The van der Waals surface area contributed by atoms with Crippen molar-refractivity contribution in [1.29, 1.82) is 0 Å². The second-order valence-corrected chi connectivity index (χ2v) is 8.22. The highest BCUT2D eigenvalue weighted by molar-refractivity contribution is 7.89. The fraction of sp³-hybridized carbons (Fsp3) is 0.474. The molecule has 7 nitrogen and oxygen atoms in total. The van der Waals surface area contributed by atoms with Crippen LogP contribution in [0.15, 0.2) is 29.2 Å². The molecule has 1 heterocycles. The van der Waals surface area contributed by atoms with Gasteiger partial charge in [-0.2, -0.15) is 9.40 Å². The van der Waals surface area contributed by atoms with Gasteiger partial charge in [-0.25, -0.2) is 8.42 Å². The normalized spacial score (nSPS) is 11.8. The summed E-state index contributed by atoms with van der Waals surface area (Å²) in [6, 6.07) is 7.64. The van der Waals surface area contributed by atoms with Crippen LogP contribution in [-0.4, -0.2) is 41.5 Å². The summed E-state index contributed by atoms with van der Waals surface area (Å²) < 4.78 is 28.6. The number of aromatic nitrogens is 2. The second kappa shape index (κ2) is 8.67. The smallest absolute Gasteiger partial charge is 0.246 e. The number of carbonyl (C=O) groups excluding carboxylic acids is 1. The molecule has 1 N–H and O–H groups in total. The lowest BCUT2D eigenvalue weighted by molar-refractivity contribution is -0.116. The quantitative estimate of drug-likeness (QED) is 0.749. The van der Waals surface area contributed by atoms with E-state index in [0.717, 1.165) is 6.42 Å². The van der Waals surface area contributed by atoms with Crippen LogP contribution >= 0.6 is 0 Å². The Morgan fingerprint density at radius 3 is 2.22 bits per heavy atom. The first-order chi connectivity index (χ1) is 12.7. The predicted molar refractivity (Wildman–Crippen MR) is 106 cm³/mol. The minimum Gasteiger partial charge on any atom is -0.324 e. The van der Waals surface area contributed by atoms with Crippen LogP contribution in [0.2, 0.25) is 0 Å².